The average molecular weight is 384 g/mol. The lowest BCUT2D eigenvalue weighted by atomic mass is 10.3. The Kier molecular flexibility index (Phi) is 5.23. The van der Waals surface area contributed by atoms with Gasteiger partial charge in [-0.3, -0.25) is 4.57 Å². The average Bonchev–Trinajstić information content (AvgIpc) is 2.89. The number of carbonyl (C=O) groups excluding carboxylic acids is 1. The van der Waals surface area contributed by atoms with Crippen molar-refractivity contribution in [3.8, 4) is 0 Å². The first-order valence-electron chi connectivity index (χ1n) is 7.12. The van der Waals surface area contributed by atoms with Crippen LogP contribution >= 0.6 is 31.0 Å². The van der Waals surface area contributed by atoms with Gasteiger partial charge in [-0.05, 0) is 30.3 Å². The molecule has 0 radical (unpaired) electrons. The molecule has 3 N–H and O–H groups in total. The Morgan fingerprint density at radius 1 is 1.12 bits per heavy atom. The number of benzene rings is 2. The van der Waals surface area contributed by atoms with Gasteiger partial charge in [0, 0.05) is 9.79 Å². The van der Waals surface area contributed by atoms with E-state index < -0.39 is 13.7 Å². The van der Waals surface area contributed by atoms with Gasteiger partial charge in [0.15, 0.2) is 0 Å². The third-order valence-electron chi connectivity index (χ3n) is 3.08. The van der Waals surface area contributed by atoms with Crippen LogP contribution in [0.3, 0.4) is 0 Å². The second-order valence-corrected chi connectivity index (χ2v) is 8.31. The van der Waals surface area contributed by atoms with Crippen LogP contribution in [0.25, 0.3) is 0 Å². The second kappa shape index (κ2) is 7.38. The van der Waals surface area contributed by atoms with E-state index >= 15 is 0 Å². The molecule has 6 nitrogen and oxygen atoms in total. The molecule has 1 atom stereocenters. The van der Waals surface area contributed by atoms with Crippen LogP contribution in [-0.2, 0) is 9.30 Å². The van der Waals surface area contributed by atoms with Crippen LogP contribution in [0.4, 0.5) is 16.2 Å². The van der Waals surface area contributed by atoms with Crippen LogP contribution in [-0.4, -0.2) is 18.6 Å². The van der Waals surface area contributed by atoms with E-state index in [4.69, 9.17) is 16.3 Å². The van der Waals surface area contributed by atoms with Crippen molar-refractivity contribution >= 4 is 48.4 Å². The van der Waals surface area contributed by atoms with Crippen molar-refractivity contribution in [3.05, 3.63) is 48.5 Å². The number of amides is 1. The van der Waals surface area contributed by atoms with Gasteiger partial charge in [-0.1, -0.05) is 30.0 Å². The normalized spacial score (nSPS) is 18.2. The predicted molar refractivity (Wildman–Crippen MR) is 97.1 cm³/mol. The number of hydrogen-bond donors (Lipinski definition) is 3. The zero-order valence-electron chi connectivity index (χ0n) is 12.5. The zero-order chi connectivity index (χ0) is 17.0. The second-order valence-electron chi connectivity index (χ2n) is 4.89. The topological polar surface area (TPSA) is 79.5 Å². The van der Waals surface area contributed by atoms with E-state index in [1.807, 2.05) is 48.5 Å². The highest BCUT2D eigenvalue weighted by atomic mass is 35.5. The number of hydrogen-bond acceptors (Lipinski definition) is 4. The maximum atomic E-state index is 12.6. The molecule has 1 amide bonds. The van der Waals surface area contributed by atoms with E-state index in [9.17, 15) is 9.36 Å². The summed E-state index contributed by atoms with van der Waals surface area (Å²) in [6, 6.07) is 15.6. The molecule has 1 heterocycles. The fraction of sp³-hybridized carbons (Fsp3) is 0.133. The van der Waals surface area contributed by atoms with E-state index in [2.05, 4.69) is 15.3 Å². The van der Waals surface area contributed by atoms with Crippen molar-refractivity contribution in [2.75, 3.05) is 22.7 Å². The van der Waals surface area contributed by atoms with Crippen molar-refractivity contribution in [1.82, 2.24) is 5.09 Å². The molecule has 3 rings (SSSR count). The monoisotopic (exact) mass is 383 g/mol. The molecule has 0 fully saturated rings. The molecule has 1 aliphatic rings. The van der Waals surface area contributed by atoms with Crippen molar-refractivity contribution in [2.24, 2.45) is 0 Å². The third-order valence-corrected chi connectivity index (χ3v) is 5.85. The summed E-state index contributed by atoms with van der Waals surface area (Å²) < 4.78 is 17.4. The number of rotatable bonds is 5. The van der Waals surface area contributed by atoms with Gasteiger partial charge >= 0.3 is 13.7 Å². The number of fused-ring (bicyclic) bond motifs is 1. The summed E-state index contributed by atoms with van der Waals surface area (Å²) in [6.07, 6.45) is -0.786. The first-order chi connectivity index (χ1) is 11.6. The number of nitrogens with one attached hydrogen (secondary N) is 3. The van der Waals surface area contributed by atoms with Gasteiger partial charge < -0.3 is 14.9 Å². The molecule has 0 aromatic heterocycles. The highest BCUT2D eigenvalue weighted by molar-refractivity contribution is 7.99. The summed E-state index contributed by atoms with van der Waals surface area (Å²) in [7, 11) is -3.33. The van der Waals surface area contributed by atoms with Crippen LogP contribution < -0.4 is 15.3 Å². The van der Waals surface area contributed by atoms with E-state index in [1.165, 1.54) is 0 Å². The summed E-state index contributed by atoms with van der Waals surface area (Å²) >= 11 is 7.04. The van der Waals surface area contributed by atoms with Gasteiger partial charge in [-0.2, -0.15) is 0 Å². The number of anilines is 2. The summed E-state index contributed by atoms with van der Waals surface area (Å²) in [5, 5.41) is 7.94. The standard InChI is InChI=1S/C15H15ClN3O3PS/c16-8-9-22-15(20)19-23(21)17-13-7-6-12(10-14(13)18-23)24-11-4-2-1-3-5-11/h1-7,10H,8-9H2,(H3,17,18,19,20,21). The molecule has 2 aromatic carbocycles. The highest BCUT2D eigenvalue weighted by Gasteiger charge is 2.33. The van der Waals surface area contributed by atoms with Crippen molar-refractivity contribution in [3.63, 3.8) is 0 Å². The van der Waals surface area contributed by atoms with Crippen molar-refractivity contribution in [2.45, 2.75) is 9.79 Å². The fourth-order valence-corrected chi connectivity index (χ4v) is 4.62. The first-order valence-corrected chi connectivity index (χ1v) is 10.2. The summed E-state index contributed by atoms with van der Waals surface area (Å²) in [4.78, 5) is 13.7. The molecule has 0 aliphatic carbocycles. The van der Waals surface area contributed by atoms with Gasteiger partial charge in [-0.15, -0.1) is 11.6 Å². The van der Waals surface area contributed by atoms with Crippen LogP contribution in [0.2, 0.25) is 0 Å². The van der Waals surface area contributed by atoms with Crippen LogP contribution in [0.1, 0.15) is 0 Å². The summed E-state index contributed by atoms with van der Waals surface area (Å²) in [5.74, 6) is 0.179. The Labute approximate surface area is 148 Å². The van der Waals surface area contributed by atoms with Gasteiger partial charge in [0.1, 0.15) is 6.61 Å². The number of carbonyl (C=O) groups is 1. The van der Waals surface area contributed by atoms with Crippen molar-refractivity contribution in [1.29, 1.82) is 0 Å². The van der Waals surface area contributed by atoms with Crippen LogP contribution in [0, 0.1) is 0 Å². The Hall–Kier alpha value is -1.82. The SMILES string of the molecule is O=C(NP1(=O)Nc2ccc(Sc3ccccc3)cc2N1)OCCCl. The molecule has 126 valence electrons. The largest absolute Gasteiger partial charge is 0.448 e. The number of halogens is 1. The molecule has 0 bridgehead atoms. The predicted octanol–water partition coefficient (Wildman–Crippen LogP) is 4.75. The minimum absolute atomic E-state index is 0.0538. The van der Waals surface area contributed by atoms with Gasteiger partial charge in [-0.25, -0.2) is 9.88 Å². The first kappa shape index (κ1) is 17.0. The maximum Gasteiger partial charge on any atom is 0.415 e. The molecular weight excluding hydrogens is 369 g/mol. The molecular formula is C15H15ClN3O3PS. The van der Waals surface area contributed by atoms with E-state index in [-0.39, 0.29) is 12.5 Å². The minimum atomic E-state index is -3.33. The van der Waals surface area contributed by atoms with Crippen LogP contribution in [0.5, 0.6) is 0 Å². The molecule has 9 heteroatoms. The van der Waals surface area contributed by atoms with Gasteiger partial charge in [0.05, 0.1) is 17.3 Å². The summed E-state index contributed by atoms with van der Waals surface area (Å²) in [6.45, 7) is 0.0538. The minimum Gasteiger partial charge on any atom is -0.448 e. The lowest BCUT2D eigenvalue weighted by Crippen LogP contribution is -2.26. The molecule has 1 aliphatic heterocycles. The molecule has 0 spiro atoms. The molecule has 24 heavy (non-hydrogen) atoms. The molecule has 0 saturated carbocycles. The lowest BCUT2D eigenvalue weighted by Gasteiger charge is -2.14. The highest BCUT2D eigenvalue weighted by Crippen LogP contribution is 2.52. The maximum absolute atomic E-state index is 12.6. The Bertz CT molecular complexity index is 791. The smallest absolute Gasteiger partial charge is 0.415 e. The Morgan fingerprint density at radius 2 is 1.88 bits per heavy atom. The van der Waals surface area contributed by atoms with Crippen LogP contribution in [0.15, 0.2) is 58.3 Å². The lowest BCUT2D eigenvalue weighted by molar-refractivity contribution is 0.159. The van der Waals surface area contributed by atoms with Gasteiger partial charge in [0.2, 0.25) is 0 Å². The van der Waals surface area contributed by atoms with Crippen molar-refractivity contribution < 1.29 is 14.1 Å². The van der Waals surface area contributed by atoms with E-state index in [0.29, 0.717) is 11.4 Å². The Balaban J connectivity index is 1.69. The molecule has 0 saturated heterocycles. The van der Waals surface area contributed by atoms with E-state index in [0.717, 1.165) is 9.79 Å². The number of ether oxygens (including phenoxy) is 1. The zero-order valence-corrected chi connectivity index (χ0v) is 15.0. The Morgan fingerprint density at radius 3 is 2.62 bits per heavy atom. The number of alkyl halides is 1. The fourth-order valence-electron chi connectivity index (χ4n) is 2.12. The third kappa shape index (κ3) is 4.17. The molecule has 2 aromatic rings. The van der Waals surface area contributed by atoms with E-state index in [1.54, 1.807) is 11.8 Å². The quantitative estimate of drug-likeness (QED) is 0.511. The summed E-state index contributed by atoms with van der Waals surface area (Å²) in [5.41, 5.74) is 1.32. The van der Waals surface area contributed by atoms with Gasteiger partial charge in [0.25, 0.3) is 0 Å². The molecule has 1 unspecified atom stereocenters.